The number of aliphatic hydroxyl groups excluding tert-OH is 1. The molecule has 1 aromatic carbocycles. The molecule has 2 atom stereocenters. The summed E-state index contributed by atoms with van der Waals surface area (Å²) in [6, 6.07) is 3.38. The molecule has 0 aliphatic heterocycles. The van der Waals surface area contributed by atoms with Crippen LogP contribution in [0.4, 0.5) is 5.69 Å². The zero-order chi connectivity index (χ0) is 14.4. The van der Waals surface area contributed by atoms with E-state index in [0.717, 1.165) is 11.1 Å². The highest BCUT2D eigenvalue weighted by Crippen LogP contribution is 2.45. The Morgan fingerprint density at radius 1 is 1.42 bits per heavy atom. The van der Waals surface area contributed by atoms with E-state index in [1.807, 2.05) is 26.8 Å². The van der Waals surface area contributed by atoms with Gasteiger partial charge in [0.2, 0.25) is 0 Å². The molecule has 5 heteroatoms. The molecule has 19 heavy (non-hydrogen) atoms. The molecule has 5 nitrogen and oxygen atoms in total. The highest BCUT2D eigenvalue weighted by molar-refractivity contribution is 5.53. The molecule has 0 radical (unpaired) electrons. The number of nitro benzene ring substituents is 1. The molecule has 0 bridgehead atoms. The van der Waals surface area contributed by atoms with Crippen molar-refractivity contribution in [2.24, 2.45) is 5.41 Å². The average Bonchev–Trinajstić information content (AvgIpc) is 2.30. The fraction of sp³-hybridized carbons (Fsp3) is 0.571. The lowest BCUT2D eigenvalue weighted by Crippen LogP contribution is -2.56. The highest BCUT2D eigenvalue weighted by atomic mass is 16.6. The molecule has 0 aromatic heterocycles. The normalized spacial score (nSPS) is 24.7. The number of aryl methyl sites for hydroxylation is 2. The summed E-state index contributed by atoms with van der Waals surface area (Å²) in [5.74, 6) is 0.320. The van der Waals surface area contributed by atoms with Crippen LogP contribution in [0.25, 0.3) is 0 Å². The van der Waals surface area contributed by atoms with E-state index in [4.69, 9.17) is 4.74 Å². The maximum absolute atomic E-state index is 11.1. The van der Waals surface area contributed by atoms with Gasteiger partial charge in [-0.15, -0.1) is 0 Å². The summed E-state index contributed by atoms with van der Waals surface area (Å²) in [5.41, 5.74) is 1.22. The molecule has 1 saturated carbocycles. The quantitative estimate of drug-likeness (QED) is 0.673. The van der Waals surface area contributed by atoms with Crippen LogP contribution in [0.2, 0.25) is 0 Å². The predicted molar refractivity (Wildman–Crippen MR) is 71.4 cm³/mol. The van der Waals surface area contributed by atoms with Crippen molar-refractivity contribution in [3.8, 4) is 5.75 Å². The first kappa shape index (κ1) is 13.8. The summed E-state index contributed by atoms with van der Waals surface area (Å²) < 4.78 is 5.81. The standard InChI is InChI=1S/C14H19NO4/c1-8-5-9(2)13(10(6-8)15(17)18)19-12-7-11(16)14(12,3)4/h5-6,11-12,16H,7H2,1-4H3. The van der Waals surface area contributed by atoms with Crippen molar-refractivity contribution in [2.75, 3.05) is 0 Å². The van der Waals surface area contributed by atoms with Gasteiger partial charge in [0.05, 0.1) is 11.0 Å². The molecule has 1 fully saturated rings. The number of nitrogens with zero attached hydrogens (tertiary/aromatic N) is 1. The summed E-state index contributed by atoms with van der Waals surface area (Å²) >= 11 is 0. The molecule has 104 valence electrons. The summed E-state index contributed by atoms with van der Waals surface area (Å²) in [4.78, 5) is 10.7. The SMILES string of the molecule is Cc1cc(C)c(OC2CC(O)C2(C)C)c([N+](=O)[O-])c1. The molecule has 1 aliphatic rings. The molecular formula is C14H19NO4. The Kier molecular flexibility index (Phi) is 3.26. The van der Waals surface area contributed by atoms with E-state index >= 15 is 0 Å². The molecule has 0 spiro atoms. The van der Waals surface area contributed by atoms with Crippen molar-refractivity contribution in [1.29, 1.82) is 0 Å². The fourth-order valence-electron chi connectivity index (χ4n) is 2.43. The molecule has 2 rings (SSSR count). The largest absolute Gasteiger partial charge is 0.483 e. The molecule has 0 saturated heterocycles. The van der Waals surface area contributed by atoms with Gasteiger partial charge in [0, 0.05) is 17.9 Å². The van der Waals surface area contributed by atoms with Crippen LogP contribution in [-0.2, 0) is 0 Å². The number of hydrogen-bond donors (Lipinski definition) is 1. The van der Waals surface area contributed by atoms with Crippen molar-refractivity contribution in [2.45, 2.75) is 46.3 Å². The van der Waals surface area contributed by atoms with Gasteiger partial charge in [0.1, 0.15) is 6.10 Å². The third-order valence-corrected chi connectivity index (χ3v) is 3.98. The summed E-state index contributed by atoms with van der Waals surface area (Å²) in [6.07, 6.45) is -0.0952. The highest BCUT2D eigenvalue weighted by Gasteiger charge is 2.49. The van der Waals surface area contributed by atoms with E-state index in [2.05, 4.69) is 0 Å². The zero-order valence-corrected chi connectivity index (χ0v) is 11.6. The summed E-state index contributed by atoms with van der Waals surface area (Å²) in [5, 5.41) is 20.8. The number of aliphatic hydroxyl groups is 1. The summed E-state index contributed by atoms with van der Waals surface area (Å²) in [6.45, 7) is 7.43. The first-order chi connectivity index (χ1) is 8.73. The van der Waals surface area contributed by atoms with Gasteiger partial charge >= 0.3 is 5.69 Å². The first-order valence-electron chi connectivity index (χ1n) is 6.34. The topological polar surface area (TPSA) is 72.6 Å². The van der Waals surface area contributed by atoms with E-state index in [-0.39, 0.29) is 17.2 Å². The Morgan fingerprint density at radius 3 is 2.53 bits per heavy atom. The second-order valence-corrected chi connectivity index (χ2v) is 5.87. The molecule has 2 unspecified atom stereocenters. The molecule has 1 aromatic rings. The van der Waals surface area contributed by atoms with Crippen molar-refractivity contribution in [3.63, 3.8) is 0 Å². The summed E-state index contributed by atoms with van der Waals surface area (Å²) in [7, 11) is 0. The van der Waals surface area contributed by atoms with Crippen molar-refractivity contribution < 1.29 is 14.8 Å². The van der Waals surface area contributed by atoms with Gasteiger partial charge in [0.25, 0.3) is 0 Å². The van der Waals surface area contributed by atoms with E-state index in [1.165, 1.54) is 6.07 Å². The number of rotatable bonds is 3. The predicted octanol–water partition coefficient (Wildman–Crippen LogP) is 2.75. The van der Waals surface area contributed by atoms with Gasteiger partial charge in [-0.3, -0.25) is 10.1 Å². The fourth-order valence-corrected chi connectivity index (χ4v) is 2.43. The monoisotopic (exact) mass is 265 g/mol. The molecule has 0 heterocycles. The minimum absolute atomic E-state index is 0.00492. The smallest absolute Gasteiger partial charge is 0.311 e. The van der Waals surface area contributed by atoms with Gasteiger partial charge in [-0.25, -0.2) is 0 Å². The molecule has 0 amide bonds. The van der Waals surface area contributed by atoms with Gasteiger partial charge in [-0.2, -0.15) is 0 Å². The number of ether oxygens (including phenoxy) is 1. The second kappa shape index (κ2) is 4.49. The van der Waals surface area contributed by atoms with E-state index in [1.54, 1.807) is 6.92 Å². The average molecular weight is 265 g/mol. The van der Waals surface area contributed by atoms with E-state index < -0.39 is 11.0 Å². The van der Waals surface area contributed by atoms with Crippen LogP contribution in [0, 0.1) is 29.4 Å². The first-order valence-corrected chi connectivity index (χ1v) is 6.34. The van der Waals surface area contributed by atoms with E-state index in [9.17, 15) is 15.2 Å². The third kappa shape index (κ3) is 2.30. The van der Waals surface area contributed by atoms with E-state index in [0.29, 0.717) is 12.2 Å². The van der Waals surface area contributed by atoms with Gasteiger partial charge in [-0.05, 0) is 25.0 Å². The number of nitro groups is 1. The van der Waals surface area contributed by atoms with Gasteiger partial charge < -0.3 is 9.84 Å². The minimum atomic E-state index is -0.419. The van der Waals surface area contributed by atoms with Crippen LogP contribution in [0.15, 0.2) is 12.1 Å². The maximum atomic E-state index is 11.1. The van der Waals surface area contributed by atoms with Crippen LogP contribution < -0.4 is 4.74 Å². The maximum Gasteiger partial charge on any atom is 0.311 e. The van der Waals surface area contributed by atoms with Crippen LogP contribution in [0.1, 0.15) is 31.4 Å². The minimum Gasteiger partial charge on any atom is -0.483 e. The molecule has 1 aliphatic carbocycles. The Hall–Kier alpha value is -1.62. The lowest BCUT2D eigenvalue weighted by atomic mass is 9.66. The van der Waals surface area contributed by atoms with Crippen LogP contribution in [0.5, 0.6) is 5.75 Å². The van der Waals surface area contributed by atoms with Crippen molar-refractivity contribution in [3.05, 3.63) is 33.4 Å². The van der Waals surface area contributed by atoms with Gasteiger partial charge in [-0.1, -0.05) is 19.9 Å². The molecule has 1 N–H and O–H groups in total. The second-order valence-electron chi connectivity index (χ2n) is 5.87. The third-order valence-electron chi connectivity index (χ3n) is 3.98. The molecular weight excluding hydrogens is 246 g/mol. The Bertz CT molecular complexity index is 524. The van der Waals surface area contributed by atoms with Crippen LogP contribution in [-0.4, -0.2) is 22.2 Å². The Labute approximate surface area is 112 Å². The lowest BCUT2D eigenvalue weighted by Gasteiger charge is -2.48. The Balaban J connectivity index is 2.33. The van der Waals surface area contributed by atoms with Crippen LogP contribution in [0.3, 0.4) is 0 Å². The van der Waals surface area contributed by atoms with Crippen LogP contribution >= 0.6 is 0 Å². The van der Waals surface area contributed by atoms with Crippen molar-refractivity contribution in [1.82, 2.24) is 0 Å². The number of hydrogen-bond acceptors (Lipinski definition) is 4. The number of benzene rings is 1. The Morgan fingerprint density at radius 2 is 2.05 bits per heavy atom. The zero-order valence-electron chi connectivity index (χ0n) is 11.6. The van der Waals surface area contributed by atoms with Gasteiger partial charge in [0.15, 0.2) is 5.75 Å². The lowest BCUT2D eigenvalue weighted by molar-refractivity contribution is -0.386. The van der Waals surface area contributed by atoms with Crippen molar-refractivity contribution >= 4 is 5.69 Å².